The number of hydrogen-bond acceptors (Lipinski definition) is 5. The summed E-state index contributed by atoms with van der Waals surface area (Å²) >= 11 is 0. The molecule has 3 N–H and O–H groups in total. The minimum absolute atomic E-state index is 0.0840. The van der Waals surface area contributed by atoms with Gasteiger partial charge in [-0.05, 0) is 31.4 Å². The molecular formula is C13H21N3O4S. The first kappa shape index (κ1) is 17.5. The predicted molar refractivity (Wildman–Crippen MR) is 80.6 cm³/mol. The molecule has 21 heavy (non-hydrogen) atoms. The lowest BCUT2D eigenvalue weighted by molar-refractivity contribution is -0.385. The van der Waals surface area contributed by atoms with E-state index in [1.807, 2.05) is 13.8 Å². The van der Waals surface area contributed by atoms with Crippen LogP contribution in [0.5, 0.6) is 0 Å². The Morgan fingerprint density at radius 3 is 2.38 bits per heavy atom. The predicted octanol–water partition coefficient (Wildman–Crippen LogP) is 1.47. The first-order valence-electron chi connectivity index (χ1n) is 6.57. The second-order valence-corrected chi connectivity index (χ2v) is 7.17. The van der Waals surface area contributed by atoms with E-state index < -0.39 is 14.9 Å². The SMILES string of the molecule is Cc1cc(S(=O)(=O)NCC(N)C(C)C)cc([N+](=O)[O-])c1C. The molecule has 118 valence electrons. The lowest BCUT2D eigenvalue weighted by Gasteiger charge is -2.16. The maximum absolute atomic E-state index is 12.2. The maximum Gasteiger partial charge on any atom is 0.273 e. The Morgan fingerprint density at radius 1 is 1.33 bits per heavy atom. The van der Waals surface area contributed by atoms with Crippen molar-refractivity contribution in [3.05, 3.63) is 33.4 Å². The molecule has 0 aliphatic rings. The van der Waals surface area contributed by atoms with Gasteiger partial charge in [0.25, 0.3) is 5.69 Å². The molecule has 0 amide bonds. The minimum atomic E-state index is -3.82. The van der Waals surface area contributed by atoms with E-state index in [9.17, 15) is 18.5 Å². The summed E-state index contributed by atoms with van der Waals surface area (Å²) in [4.78, 5) is 10.3. The van der Waals surface area contributed by atoms with Crippen LogP contribution in [0.1, 0.15) is 25.0 Å². The van der Waals surface area contributed by atoms with E-state index in [1.165, 1.54) is 6.07 Å². The molecule has 0 spiro atoms. The Hall–Kier alpha value is -1.51. The molecule has 0 saturated heterocycles. The van der Waals surface area contributed by atoms with Gasteiger partial charge in [0.15, 0.2) is 0 Å². The Kier molecular flexibility index (Phi) is 5.43. The van der Waals surface area contributed by atoms with Gasteiger partial charge in [-0.15, -0.1) is 0 Å². The Morgan fingerprint density at radius 2 is 1.90 bits per heavy atom. The van der Waals surface area contributed by atoms with Crippen LogP contribution in [0.2, 0.25) is 0 Å². The van der Waals surface area contributed by atoms with Crippen molar-refractivity contribution in [3.63, 3.8) is 0 Å². The number of nitro groups is 1. The molecule has 1 aromatic carbocycles. The van der Waals surface area contributed by atoms with Crippen molar-refractivity contribution >= 4 is 15.7 Å². The second-order valence-electron chi connectivity index (χ2n) is 5.40. The van der Waals surface area contributed by atoms with Crippen LogP contribution in [0.4, 0.5) is 5.69 Å². The van der Waals surface area contributed by atoms with E-state index in [0.717, 1.165) is 6.07 Å². The largest absolute Gasteiger partial charge is 0.326 e. The smallest absolute Gasteiger partial charge is 0.273 e. The lowest BCUT2D eigenvalue weighted by Crippen LogP contribution is -2.40. The number of hydrogen-bond donors (Lipinski definition) is 2. The van der Waals surface area contributed by atoms with Crippen LogP contribution >= 0.6 is 0 Å². The highest BCUT2D eigenvalue weighted by atomic mass is 32.2. The van der Waals surface area contributed by atoms with Crippen LogP contribution < -0.4 is 10.5 Å². The lowest BCUT2D eigenvalue weighted by atomic mass is 10.1. The van der Waals surface area contributed by atoms with Crippen LogP contribution in [-0.2, 0) is 10.0 Å². The summed E-state index contributed by atoms with van der Waals surface area (Å²) < 4.78 is 26.8. The fourth-order valence-electron chi connectivity index (χ4n) is 1.68. The zero-order chi connectivity index (χ0) is 16.4. The molecule has 8 heteroatoms. The number of benzene rings is 1. The monoisotopic (exact) mass is 315 g/mol. The van der Waals surface area contributed by atoms with E-state index >= 15 is 0 Å². The fourth-order valence-corrected chi connectivity index (χ4v) is 2.86. The number of nitrogens with one attached hydrogen (secondary N) is 1. The van der Waals surface area contributed by atoms with Gasteiger partial charge >= 0.3 is 0 Å². The van der Waals surface area contributed by atoms with E-state index in [1.54, 1.807) is 13.8 Å². The van der Waals surface area contributed by atoms with Crippen molar-refractivity contribution in [1.29, 1.82) is 0 Å². The molecule has 1 unspecified atom stereocenters. The van der Waals surface area contributed by atoms with Gasteiger partial charge in [0.2, 0.25) is 10.0 Å². The van der Waals surface area contributed by atoms with Crippen molar-refractivity contribution in [3.8, 4) is 0 Å². The first-order chi connectivity index (χ1) is 9.56. The molecule has 0 aromatic heterocycles. The van der Waals surface area contributed by atoms with Crippen molar-refractivity contribution in [2.24, 2.45) is 11.7 Å². The van der Waals surface area contributed by atoms with Crippen LogP contribution in [0, 0.1) is 29.9 Å². The molecule has 0 fully saturated rings. The number of nitro benzene ring substituents is 1. The zero-order valence-corrected chi connectivity index (χ0v) is 13.4. The highest BCUT2D eigenvalue weighted by Crippen LogP contribution is 2.25. The quantitative estimate of drug-likeness (QED) is 0.609. The molecule has 0 saturated carbocycles. The standard InChI is InChI=1S/C13H21N3O4S/c1-8(2)12(14)7-15-21(19,20)11-5-9(3)10(4)13(6-11)16(17)18/h5-6,8,12,15H,7,14H2,1-4H3. The van der Waals surface area contributed by atoms with Crippen molar-refractivity contribution in [1.82, 2.24) is 4.72 Å². The van der Waals surface area contributed by atoms with Gasteiger partial charge in [0.05, 0.1) is 9.82 Å². The molecule has 7 nitrogen and oxygen atoms in total. The van der Waals surface area contributed by atoms with Gasteiger partial charge in [-0.1, -0.05) is 13.8 Å². The Bertz CT molecular complexity index is 641. The summed E-state index contributed by atoms with van der Waals surface area (Å²) in [5, 5.41) is 11.0. The normalized spacial score (nSPS) is 13.4. The van der Waals surface area contributed by atoms with Gasteiger partial charge in [0, 0.05) is 24.2 Å². The summed E-state index contributed by atoms with van der Waals surface area (Å²) in [6, 6.07) is 2.18. The third kappa shape index (κ3) is 4.23. The summed E-state index contributed by atoms with van der Waals surface area (Å²) in [6.07, 6.45) is 0. The Balaban J connectivity index is 3.12. The molecule has 0 heterocycles. The molecule has 0 aliphatic carbocycles. The van der Waals surface area contributed by atoms with Gasteiger partial charge < -0.3 is 5.73 Å². The molecule has 1 rings (SSSR count). The molecule has 0 bridgehead atoms. The van der Waals surface area contributed by atoms with Crippen LogP contribution in [0.3, 0.4) is 0 Å². The van der Waals surface area contributed by atoms with Crippen LogP contribution in [0.15, 0.2) is 17.0 Å². The van der Waals surface area contributed by atoms with E-state index in [0.29, 0.717) is 11.1 Å². The first-order valence-corrected chi connectivity index (χ1v) is 8.05. The number of rotatable bonds is 6. The summed E-state index contributed by atoms with van der Waals surface area (Å²) in [5.41, 5.74) is 6.60. The third-order valence-electron chi connectivity index (χ3n) is 3.49. The highest BCUT2D eigenvalue weighted by molar-refractivity contribution is 7.89. The van der Waals surface area contributed by atoms with Gasteiger partial charge in [-0.2, -0.15) is 0 Å². The van der Waals surface area contributed by atoms with Crippen molar-refractivity contribution < 1.29 is 13.3 Å². The van der Waals surface area contributed by atoms with Gasteiger partial charge in [-0.3, -0.25) is 10.1 Å². The summed E-state index contributed by atoms with van der Waals surface area (Å²) in [7, 11) is -3.82. The number of sulfonamides is 1. The van der Waals surface area contributed by atoms with E-state index in [4.69, 9.17) is 5.73 Å². The van der Waals surface area contributed by atoms with Crippen LogP contribution in [-0.4, -0.2) is 25.9 Å². The number of nitrogens with zero attached hydrogens (tertiary/aromatic N) is 1. The average molecular weight is 315 g/mol. The fraction of sp³-hybridized carbons (Fsp3) is 0.538. The molecular weight excluding hydrogens is 294 g/mol. The topological polar surface area (TPSA) is 115 Å². The minimum Gasteiger partial charge on any atom is -0.326 e. The highest BCUT2D eigenvalue weighted by Gasteiger charge is 2.22. The zero-order valence-electron chi connectivity index (χ0n) is 12.6. The Labute approximate surface area is 124 Å². The average Bonchev–Trinajstić information content (AvgIpc) is 2.38. The van der Waals surface area contributed by atoms with Crippen molar-refractivity contribution in [2.45, 2.75) is 38.6 Å². The van der Waals surface area contributed by atoms with Gasteiger partial charge in [0.1, 0.15) is 0 Å². The van der Waals surface area contributed by atoms with E-state index in [2.05, 4.69) is 4.72 Å². The molecule has 0 radical (unpaired) electrons. The van der Waals surface area contributed by atoms with E-state index in [-0.39, 0.29) is 29.1 Å². The summed E-state index contributed by atoms with van der Waals surface area (Å²) in [6.45, 7) is 7.09. The summed E-state index contributed by atoms with van der Waals surface area (Å²) in [5.74, 6) is 0.127. The third-order valence-corrected chi connectivity index (χ3v) is 4.89. The molecule has 1 aromatic rings. The van der Waals surface area contributed by atoms with Gasteiger partial charge in [-0.25, -0.2) is 13.1 Å². The second kappa shape index (κ2) is 6.50. The van der Waals surface area contributed by atoms with Crippen molar-refractivity contribution in [2.75, 3.05) is 6.54 Å². The molecule has 0 aliphatic heterocycles. The number of aryl methyl sites for hydroxylation is 1. The maximum atomic E-state index is 12.2. The number of nitrogens with two attached hydrogens (primary N) is 1. The molecule has 1 atom stereocenters. The van der Waals surface area contributed by atoms with Crippen LogP contribution in [0.25, 0.3) is 0 Å².